The van der Waals surface area contributed by atoms with Crippen LogP contribution in [-0.2, 0) is 10.2 Å². The lowest BCUT2D eigenvalue weighted by Gasteiger charge is -2.19. The second-order valence-electron chi connectivity index (χ2n) is 4.63. The molecule has 1 aromatic carbocycles. The highest BCUT2D eigenvalue weighted by molar-refractivity contribution is 7.87. The largest absolute Gasteiger partial charge is 0.330 e. The summed E-state index contributed by atoms with van der Waals surface area (Å²) in [4.78, 5) is 0. The molecular weight excluding hydrogens is 262 g/mol. The molecule has 0 radical (unpaired) electrons. The molecule has 0 fully saturated rings. The van der Waals surface area contributed by atoms with Gasteiger partial charge in [0.15, 0.2) is 0 Å². The summed E-state index contributed by atoms with van der Waals surface area (Å²) in [6, 6.07) is 9.84. The minimum atomic E-state index is -3.41. The zero-order valence-corrected chi connectivity index (χ0v) is 12.4. The maximum absolute atomic E-state index is 11.9. The molecule has 0 aliphatic carbocycles. The lowest BCUT2D eigenvalue weighted by atomic mass is 10.0. The first-order valence-corrected chi connectivity index (χ1v) is 7.87. The van der Waals surface area contributed by atoms with E-state index in [0.717, 1.165) is 5.56 Å². The molecule has 1 atom stereocenters. The molecule has 5 nitrogen and oxygen atoms in total. The molecule has 0 heterocycles. The standard InChI is InChI=1S/C13H23N3O2S/c1-12(13-7-4-3-5-8-13)11-15-19(17,18)16(2)10-6-9-14/h3-5,7-8,12,15H,6,9-11,14H2,1-2H3. The van der Waals surface area contributed by atoms with Gasteiger partial charge >= 0.3 is 0 Å². The fourth-order valence-corrected chi connectivity index (χ4v) is 2.72. The third-order valence-corrected chi connectivity index (χ3v) is 4.56. The van der Waals surface area contributed by atoms with Crippen LogP contribution < -0.4 is 10.5 Å². The van der Waals surface area contributed by atoms with E-state index in [1.807, 2.05) is 37.3 Å². The van der Waals surface area contributed by atoms with Crippen molar-refractivity contribution in [2.75, 3.05) is 26.7 Å². The van der Waals surface area contributed by atoms with E-state index >= 15 is 0 Å². The lowest BCUT2D eigenvalue weighted by Crippen LogP contribution is -2.40. The van der Waals surface area contributed by atoms with Crippen molar-refractivity contribution >= 4 is 10.2 Å². The maximum Gasteiger partial charge on any atom is 0.279 e. The number of rotatable bonds is 8. The van der Waals surface area contributed by atoms with Crippen molar-refractivity contribution in [3.05, 3.63) is 35.9 Å². The van der Waals surface area contributed by atoms with E-state index in [1.54, 1.807) is 7.05 Å². The first-order chi connectivity index (χ1) is 8.97. The normalized spacial score (nSPS) is 13.7. The second kappa shape index (κ2) is 7.59. The van der Waals surface area contributed by atoms with E-state index in [2.05, 4.69) is 4.72 Å². The molecule has 108 valence electrons. The van der Waals surface area contributed by atoms with Gasteiger partial charge < -0.3 is 5.73 Å². The van der Waals surface area contributed by atoms with E-state index in [1.165, 1.54) is 4.31 Å². The minimum absolute atomic E-state index is 0.138. The summed E-state index contributed by atoms with van der Waals surface area (Å²) in [7, 11) is -1.85. The van der Waals surface area contributed by atoms with Crippen LogP contribution in [-0.4, -0.2) is 39.4 Å². The van der Waals surface area contributed by atoms with Gasteiger partial charge in [0.1, 0.15) is 0 Å². The van der Waals surface area contributed by atoms with Crippen LogP contribution in [0.25, 0.3) is 0 Å². The molecule has 6 heteroatoms. The highest BCUT2D eigenvalue weighted by Crippen LogP contribution is 2.13. The molecule has 19 heavy (non-hydrogen) atoms. The Kier molecular flexibility index (Phi) is 6.44. The average molecular weight is 285 g/mol. The molecule has 3 N–H and O–H groups in total. The van der Waals surface area contributed by atoms with Gasteiger partial charge in [0, 0.05) is 20.1 Å². The number of benzene rings is 1. The molecular formula is C13H23N3O2S. The Labute approximate surface area is 116 Å². The van der Waals surface area contributed by atoms with Crippen molar-refractivity contribution in [2.45, 2.75) is 19.3 Å². The van der Waals surface area contributed by atoms with Gasteiger partial charge in [-0.05, 0) is 24.4 Å². The summed E-state index contributed by atoms with van der Waals surface area (Å²) in [6.45, 7) is 3.31. The monoisotopic (exact) mass is 285 g/mol. The molecule has 0 bridgehead atoms. The van der Waals surface area contributed by atoms with Gasteiger partial charge in [-0.3, -0.25) is 0 Å². The van der Waals surface area contributed by atoms with Gasteiger partial charge in [-0.2, -0.15) is 12.7 Å². The van der Waals surface area contributed by atoms with Crippen LogP contribution in [0.3, 0.4) is 0 Å². The van der Waals surface area contributed by atoms with Gasteiger partial charge in [-0.25, -0.2) is 4.72 Å². The summed E-state index contributed by atoms with van der Waals surface area (Å²) in [5, 5.41) is 0. The van der Waals surface area contributed by atoms with Crippen molar-refractivity contribution < 1.29 is 8.42 Å². The fourth-order valence-electron chi connectivity index (χ4n) is 1.67. The number of nitrogens with zero attached hydrogens (tertiary/aromatic N) is 1. The minimum Gasteiger partial charge on any atom is -0.330 e. The van der Waals surface area contributed by atoms with Crippen LogP contribution in [0.5, 0.6) is 0 Å². The predicted octanol–water partition coefficient (Wildman–Crippen LogP) is 0.905. The first kappa shape index (κ1) is 16.1. The molecule has 1 unspecified atom stereocenters. The van der Waals surface area contributed by atoms with Crippen LogP contribution >= 0.6 is 0 Å². The van der Waals surface area contributed by atoms with E-state index < -0.39 is 10.2 Å². The van der Waals surface area contributed by atoms with E-state index in [4.69, 9.17) is 5.73 Å². The Bertz CT molecular complexity index is 462. The molecule has 1 aromatic rings. The zero-order chi connectivity index (χ0) is 14.3. The molecule has 0 aromatic heterocycles. The molecule has 0 aliphatic rings. The van der Waals surface area contributed by atoms with Crippen LogP contribution in [0.15, 0.2) is 30.3 Å². The summed E-state index contributed by atoms with van der Waals surface area (Å²) < 4.78 is 27.8. The first-order valence-electron chi connectivity index (χ1n) is 6.43. The smallest absolute Gasteiger partial charge is 0.279 e. The topological polar surface area (TPSA) is 75.4 Å². The van der Waals surface area contributed by atoms with E-state index in [0.29, 0.717) is 26.1 Å². The van der Waals surface area contributed by atoms with Gasteiger partial charge in [-0.1, -0.05) is 37.3 Å². The Morgan fingerprint density at radius 2 is 1.95 bits per heavy atom. The molecule has 0 saturated heterocycles. The van der Waals surface area contributed by atoms with Crippen molar-refractivity contribution in [2.24, 2.45) is 5.73 Å². The Balaban J connectivity index is 2.51. The highest BCUT2D eigenvalue weighted by atomic mass is 32.2. The number of nitrogens with two attached hydrogens (primary N) is 1. The van der Waals surface area contributed by atoms with Crippen molar-refractivity contribution in [1.29, 1.82) is 0 Å². The quantitative estimate of drug-likeness (QED) is 0.745. The fraction of sp³-hybridized carbons (Fsp3) is 0.538. The summed E-state index contributed by atoms with van der Waals surface area (Å²) in [5.41, 5.74) is 6.50. The van der Waals surface area contributed by atoms with Crippen molar-refractivity contribution in [3.63, 3.8) is 0 Å². The third-order valence-electron chi connectivity index (χ3n) is 3.03. The van der Waals surface area contributed by atoms with Crippen LogP contribution in [0.2, 0.25) is 0 Å². The van der Waals surface area contributed by atoms with Crippen molar-refractivity contribution in [3.8, 4) is 0 Å². The molecule has 1 rings (SSSR count). The van der Waals surface area contributed by atoms with E-state index in [9.17, 15) is 8.42 Å². The number of nitrogens with one attached hydrogen (secondary N) is 1. The Hall–Kier alpha value is -0.950. The van der Waals surface area contributed by atoms with E-state index in [-0.39, 0.29) is 5.92 Å². The highest BCUT2D eigenvalue weighted by Gasteiger charge is 2.17. The van der Waals surface area contributed by atoms with Gasteiger partial charge in [0.05, 0.1) is 0 Å². The summed E-state index contributed by atoms with van der Waals surface area (Å²) in [6.07, 6.45) is 0.658. The molecule has 0 saturated carbocycles. The lowest BCUT2D eigenvalue weighted by molar-refractivity contribution is 0.451. The van der Waals surface area contributed by atoms with Gasteiger partial charge in [-0.15, -0.1) is 0 Å². The average Bonchev–Trinajstić information content (AvgIpc) is 2.43. The molecule has 0 amide bonds. The van der Waals surface area contributed by atoms with Gasteiger partial charge in [0.25, 0.3) is 10.2 Å². The zero-order valence-electron chi connectivity index (χ0n) is 11.5. The Morgan fingerprint density at radius 1 is 1.32 bits per heavy atom. The van der Waals surface area contributed by atoms with Crippen LogP contribution in [0.1, 0.15) is 24.8 Å². The van der Waals surface area contributed by atoms with Crippen molar-refractivity contribution in [1.82, 2.24) is 9.03 Å². The third kappa shape index (κ3) is 5.28. The predicted molar refractivity (Wildman–Crippen MR) is 78.1 cm³/mol. The molecule has 0 aliphatic heterocycles. The number of hydrogen-bond donors (Lipinski definition) is 2. The second-order valence-corrected chi connectivity index (χ2v) is 6.49. The van der Waals surface area contributed by atoms with Gasteiger partial charge in [0.2, 0.25) is 0 Å². The Morgan fingerprint density at radius 3 is 2.53 bits per heavy atom. The maximum atomic E-state index is 11.9. The SMILES string of the molecule is CC(CNS(=O)(=O)N(C)CCCN)c1ccccc1. The van der Waals surface area contributed by atoms with Crippen LogP contribution in [0, 0.1) is 0 Å². The summed E-state index contributed by atoms with van der Waals surface area (Å²) >= 11 is 0. The number of hydrogen-bond acceptors (Lipinski definition) is 3. The summed E-state index contributed by atoms with van der Waals surface area (Å²) in [5.74, 6) is 0.138. The molecule has 0 spiro atoms. The van der Waals surface area contributed by atoms with Crippen LogP contribution in [0.4, 0.5) is 0 Å².